The fraction of sp³-hybridized carbons (Fsp3) is 0.188. The van der Waals surface area contributed by atoms with Crippen molar-refractivity contribution in [2.24, 2.45) is 0 Å². The van der Waals surface area contributed by atoms with Crippen LogP contribution in [0.25, 0.3) is 0 Å². The van der Waals surface area contributed by atoms with Gasteiger partial charge in [0.2, 0.25) is 0 Å². The van der Waals surface area contributed by atoms with E-state index in [-0.39, 0.29) is 5.91 Å². The number of anilines is 2. The third kappa shape index (κ3) is 2.94. The Labute approximate surface area is 124 Å². The molecule has 0 aliphatic rings. The molecule has 2 rings (SSSR count). The van der Waals surface area contributed by atoms with E-state index in [1.54, 1.807) is 30.1 Å². The topological polar surface area (TPSA) is 46.3 Å². The van der Waals surface area contributed by atoms with Crippen LogP contribution in [-0.2, 0) is 0 Å². The summed E-state index contributed by atoms with van der Waals surface area (Å²) in [5, 5.41) is 0.454. The van der Waals surface area contributed by atoms with Gasteiger partial charge in [0.1, 0.15) is 0 Å². The predicted octanol–water partition coefficient (Wildman–Crippen LogP) is 3.82. The number of benzene rings is 2. The van der Waals surface area contributed by atoms with Crippen molar-refractivity contribution >= 4 is 28.9 Å². The number of aryl methyl sites for hydroxylation is 2. The number of carbonyl (C=O) groups is 1. The maximum Gasteiger partial charge on any atom is 0.258 e. The first-order chi connectivity index (χ1) is 9.38. The zero-order chi connectivity index (χ0) is 14.9. The van der Waals surface area contributed by atoms with Gasteiger partial charge >= 0.3 is 0 Å². The Morgan fingerprint density at radius 1 is 1.10 bits per heavy atom. The summed E-state index contributed by atoms with van der Waals surface area (Å²) >= 11 is 5.87. The Hall–Kier alpha value is -2.00. The van der Waals surface area contributed by atoms with Gasteiger partial charge in [0.05, 0.1) is 10.7 Å². The smallest absolute Gasteiger partial charge is 0.258 e. The lowest BCUT2D eigenvalue weighted by molar-refractivity contribution is 0.0993. The monoisotopic (exact) mass is 288 g/mol. The second-order valence-corrected chi connectivity index (χ2v) is 5.35. The highest BCUT2D eigenvalue weighted by Gasteiger charge is 2.15. The lowest BCUT2D eigenvalue weighted by atomic mass is 10.1. The Morgan fingerprint density at radius 2 is 1.70 bits per heavy atom. The van der Waals surface area contributed by atoms with E-state index < -0.39 is 0 Å². The summed E-state index contributed by atoms with van der Waals surface area (Å²) in [6, 6.07) is 10.9. The molecule has 1 amide bonds. The predicted molar refractivity (Wildman–Crippen MR) is 84.5 cm³/mol. The summed E-state index contributed by atoms with van der Waals surface area (Å²) in [7, 11) is 1.75. The van der Waals surface area contributed by atoms with Crippen molar-refractivity contribution in [1.82, 2.24) is 0 Å². The first kappa shape index (κ1) is 14.4. The van der Waals surface area contributed by atoms with E-state index in [9.17, 15) is 4.79 Å². The van der Waals surface area contributed by atoms with Crippen LogP contribution in [0.1, 0.15) is 21.5 Å². The van der Waals surface area contributed by atoms with Crippen LogP contribution < -0.4 is 10.6 Å². The van der Waals surface area contributed by atoms with Crippen molar-refractivity contribution in [3.8, 4) is 0 Å². The minimum absolute atomic E-state index is 0.113. The molecule has 20 heavy (non-hydrogen) atoms. The normalized spacial score (nSPS) is 10.4. The zero-order valence-electron chi connectivity index (χ0n) is 11.8. The van der Waals surface area contributed by atoms with E-state index in [2.05, 4.69) is 6.07 Å². The number of nitrogens with two attached hydrogens (primary N) is 1. The second-order valence-electron chi connectivity index (χ2n) is 4.95. The molecule has 0 spiro atoms. The quantitative estimate of drug-likeness (QED) is 0.854. The molecule has 0 aliphatic heterocycles. The summed E-state index contributed by atoms with van der Waals surface area (Å²) in [6.07, 6.45) is 0. The maximum atomic E-state index is 12.5. The molecule has 2 aromatic carbocycles. The molecule has 0 unspecified atom stereocenters. The minimum Gasteiger partial charge on any atom is -0.398 e. The average Bonchev–Trinajstić information content (AvgIpc) is 2.39. The summed E-state index contributed by atoms with van der Waals surface area (Å²) in [4.78, 5) is 14.1. The SMILES string of the molecule is Cc1cc(C)cc(N(C)C(=O)c2ccc(Cl)c(N)c2)c1. The fourth-order valence-electron chi connectivity index (χ4n) is 2.13. The molecule has 0 fully saturated rings. The van der Waals surface area contributed by atoms with Gasteiger partial charge in [-0.05, 0) is 55.3 Å². The molecule has 0 radical (unpaired) electrons. The summed E-state index contributed by atoms with van der Waals surface area (Å²) in [5.41, 5.74) is 9.78. The number of hydrogen-bond donors (Lipinski definition) is 1. The van der Waals surface area contributed by atoms with E-state index >= 15 is 0 Å². The van der Waals surface area contributed by atoms with Gasteiger partial charge in [-0.2, -0.15) is 0 Å². The zero-order valence-corrected chi connectivity index (χ0v) is 12.5. The van der Waals surface area contributed by atoms with Gasteiger partial charge in [-0.15, -0.1) is 0 Å². The number of nitrogen functional groups attached to an aromatic ring is 1. The molecule has 104 valence electrons. The van der Waals surface area contributed by atoms with E-state index in [4.69, 9.17) is 17.3 Å². The average molecular weight is 289 g/mol. The Morgan fingerprint density at radius 3 is 2.25 bits per heavy atom. The van der Waals surface area contributed by atoms with Crippen LogP contribution in [0.15, 0.2) is 36.4 Å². The highest BCUT2D eigenvalue weighted by molar-refractivity contribution is 6.33. The molecule has 0 bridgehead atoms. The van der Waals surface area contributed by atoms with Crippen LogP contribution in [0.2, 0.25) is 5.02 Å². The van der Waals surface area contributed by atoms with Gasteiger partial charge in [-0.25, -0.2) is 0 Å². The van der Waals surface area contributed by atoms with Gasteiger partial charge in [0, 0.05) is 18.3 Å². The first-order valence-electron chi connectivity index (χ1n) is 6.30. The van der Waals surface area contributed by atoms with Crippen LogP contribution in [0.5, 0.6) is 0 Å². The lowest BCUT2D eigenvalue weighted by Gasteiger charge is -2.19. The van der Waals surface area contributed by atoms with Crippen molar-refractivity contribution in [3.05, 3.63) is 58.1 Å². The third-order valence-corrected chi connectivity index (χ3v) is 3.49. The molecule has 0 heterocycles. The number of amides is 1. The van der Waals surface area contributed by atoms with Crippen molar-refractivity contribution in [3.63, 3.8) is 0 Å². The second kappa shape index (κ2) is 5.55. The lowest BCUT2D eigenvalue weighted by Crippen LogP contribution is -2.26. The molecule has 2 aromatic rings. The van der Waals surface area contributed by atoms with Crippen LogP contribution in [0.4, 0.5) is 11.4 Å². The summed E-state index contributed by atoms with van der Waals surface area (Å²) in [6.45, 7) is 4.02. The molecule has 0 atom stereocenters. The molecule has 4 heteroatoms. The summed E-state index contributed by atoms with van der Waals surface area (Å²) in [5.74, 6) is -0.113. The molecule has 0 saturated heterocycles. The Balaban J connectivity index is 2.34. The van der Waals surface area contributed by atoms with E-state index in [1.165, 1.54) is 0 Å². The first-order valence-corrected chi connectivity index (χ1v) is 6.67. The van der Waals surface area contributed by atoms with Crippen LogP contribution in [0.3, 0.4) is 0 Å². The largest absolute Gasteiger partial charge is 0.398 e. The van der Waals surface area contributed by atoms with Crippen molar-refractivity contribution in [1.29, 1.82) is 0 Å². The van der Waals surface area contributed by atoms with Gasteiger partial charge in [0.25, 0.3) is 5.91 Å². The highest BCUT2D eigenvalue weighted by atomic mass is 35.5. The molecule has 2 N–H and O–H groups in total. The number of rotatable bonds is 2. The van der Waals surface area contributed by atoms with Gasteiger partial charge in [-0.1, -0.05) is 17.7 Å². The van der Waals surface area contributed by atoms with Gasteiger partial charge < -0.3 is 10.6 Å². The van der Waals surface area contributed by atoms with Crippen LogP contribution >= 0.6 is 11.6 Å². The van der Waals surface area contributed by atoms with Crippen LogP contribution in [-0.4, -0.2) is 13.0 Å². The molecular formula is C16H17ClN2O. The van der Waals surface area contributed by atoms with Crippen molar-refractivity contribution < 1.29 is 4.79 Å². The molecule has 0 aromatic heterocycles. The Bertz CT molecular complexity index is 647. The van der Waals surface area contributed by atoms with Crippen molar-refractivity contribution in [2.45, 2.75) is 13.8 Å². The van der Waals surface area contributed by atoms with Gasteiger partial charge in [0.15, 0.2) is 0 Å². The summed E-state index contributed by atoms with van der Waals surface area (Å²) < 4.78 is 0. The van der Waals surface area contributed by atoms with E-state index in [1.807, 2.05) is 26.0 Å². The van der Waals surface area contributed by atoms with Gasteiger partial charge in [-0.3, -0.25) is 4.79 Å². The van der Waals surface area contributed by atoms with E-state index in [0.29, 0.717) is 16.3 Å². The fourth-order valence-corrected chi connectivity index (χ4v) is 2.25. The molecule has 0 aliphatic carbocycles. The number of halogens is 1. The number of nitrogens with zero attached hydrogens (tertiary/aromatic N) is 1. The number of hydrogen-bond acceptors (Lipinski definition) is 2. The molecular weight excluding hydrogens is 272 g/mol. The maximum absolute atomic E-state index is 12.5. The van der Waals surface area contributed by atoms with Crippen molar-refractivity contribution in [2.75, 3.05) is 17.7 Å². The minimum atomic E-state index is -0.113. The third-order valence-electron chi connectivity index (χ3n) is 3.14. The Kier molecular flexibility index (Phi) is 4.00. The standard InChI is InChI=1S/C16H17ClN2O/c1-10-6-11(2)8-13(7-10)19(3)16(20)12-4-5-14(17)15(18)9-12/h4-9H,18H2,1-3H3. The highest BCUT2D eigenvalue weighted by Crippen LogP contribution is 2.23. The molecule has 3 nitrogen and oxygen atoms in total. The molecule has 0 saturated carbocycles. The van der Waals surface area contributed by atoms with E-state index in [0.717, 1.165) is 16.8 Å². The number of carbonyl (C=O) groups excluding carboxylic acids is 1. The van der Waals surface area contributed by atoms with Crippen LogP contribution in [0, 0.1) is 13.8 Å².